The number of hydrogen-bond donors (Lipinski definition) is 0. The van der Waals surface area contributed by atoms with Gasteiger partial charge in [0.15, 0.2) is 5.16 Å². The molecule has 0 saturated carbocycles. The van der Waals surface area contributed by atoms with E-state index in [-0.39, 0.29) is 5.97 Å². The standard InChI is InChI=1S/C25H30N4O2S/c1-2-31-24(30)23(21-14-8-4-9-15-21)32-25-27-26-22(19-28-16-10-5-11-17-28)29(25)18-20-12-6-3-7-13-20/h3-4,6-9,12-15,23H,2,5,10-11,16-19H2,1H3. The van der Waals surface area contributed by atoms with Crippen molar-refractivity contribution in [2.24, 2.45) is 0 Å². The Kier molecular flexibility index (Phi) is 7.96. The molecule has 1 unspecified atom stereocenters. The Morgan fingerprint density at radius 3 is 2.34 bits per heavy atom. The van der Waals surface area contributed by atoms with E-state index in [9.17, 15) is 4.79 Å². The van der Waals surface area contributed by atoms with Crippen molar-refractivity contribution in [1.82, 2.24) is 19.7 Å². The Hall–Kier alpha value is -2.64. The zero-order valence-electron chi connectivity index (χ0n) is 18.5. The number of rotatable bonds is 9. The molecule has 4 rings (SSSR count). The van der Waals surface area contributed by atoms with Gasteiger partial charge in [-0.3, -0.25) is 9.69 Å². The van der Waals surface area contributed by atoms with Crippen molar-refractivity contribution in [3.05, 3.63) is 77.6 Å². The van der Waals surface area contributed by atoms with Gasteiger partial charge in [0.25, 0.3) is 0 Å². The molecule has 2 heterocycles. The molecule has 1 atom stereocenters. The van der Waals surface area contributed by atoms with Gasteiger partial charge in [-0.05, 0) is 44.0 Å². The lowest BCUT2D eigenvalue weighted by molar-refractivity contribution is -0.142. The lowest BCUT2D eigenvalue weighted by atomic mass is 10.1. The van der Waals surface area contributed by atoms with Crippen molar-refractivity contribution in [2.45, 2.75) is 49.7 Å². The number of hydrogen-bond acceptors (Lipinski definition) is 6. The van der Waals surface area contributed by atoms with Crippen molar-refractivity contribution in [2.75, 3.05) is 19.7 Å². The van der Waals surface area contributed by atoms with Gasteiger partial charge in [0.1, 0.15) is 11.1 Å². The Labute approximate surface area is 194 Å². The van der Waals surface area contributed by atoms with Gasteiger partial charge in [0, 0.05) is 0 Å². The van der Waals surface area contributed by atoms with Crippen LogP contribution >= 0.6 is 11.8 Å². The third-order valence-electron chi connectivity index (χ3n) is 5.62. The highest BCUT2D eigenvalue weighted by Crippen LogP contribution is 2.36. The van der Waals surface area contributed by atoms with Crippen LogP contribution in [0.2, 0.25) is 0 Å². The van der Waals surface area contributed by atoms with Gasteiger partial charge in [-0.15, -0.1) is 10.2 Å². The van der Waals surface area contributed by atoms with Crippen LogP contribution in [-0.2, 0) is 22.6 Å². The van der Waals surface area contributed by atoms with E-state index in [2.05, 4.69) is 31.8 Å². The maximum atomic E-state index is 12.8. The minimum absolute atomic E-state index is 0.254. The molecule has 7 heteroatoms. The van der Waals surface area contributed by atoms with Crippen LogP contribution in [-0.4, -0.2) is 45.3 Å². The van der Waals surface area contributed by atoms with E-state index in [0.717, 1.165) is 36.2 Å². The minimum atomic E-state index is -0.488. The highest BCUT2D eigenvalue weighted by molar-refractivity contribution is 8.00. The molecule has 0 bridgehead atoms. The fourth-order valence-corrected chi connectivity index (χ4v) is 5.02. The maximum absolute atomic E-state index is 12.8. The first-order valence-corrected chi connectivity index (χ1v) is 12.2. The summed E-state index contributed by atoms with van der Waals surface area (Å²) in [4.78, 5) is 15.3. The summed E-state index contributed by atoms with van der Waals surface area (Å²) in [6.07, 6.45) is 3.76. The van der Waals surface area contributed by atoms with Crippen molar-refractivity contribution < 1.29 is 9.53 Å². The summed E-state index contributed by atoms with van der Waals surface area (Å²) in [6.45, 7) is 5.81. The fourth-order valence-electron chi connectivity index (χ4n) is 3.97. The predicted molar refractivity (Wildman–Crippen MR) is 126 cm³/mol. The van der Waals surface area contributed by atoms with E-state index in [4.69, 9.17) is 4.74 Å². The summed E-state index contributed by atoms with van der Waals surface area (Å²) in [6, 6.07) is 20.1. The number of carbonyl (C=O) groups excluding carboxylic acids is 1. The molecule has 0 radical (unpaired) electrons. The van der Waals surface area contributed by atoms with E-state index < -0.39 is 5.25 Å². The number of benzene rings is 2. The van der Waals surface area contributed by atoms with Crippen LogP contribution in [0.1, 0.15) is 48.4 Å². The lowest BCUT2D eigenvalue weighted by Gasteiger charge is -2.26. The molecule has 6 nitrogen and oxygen atoms in total. The summed E-state index contributed by atoms with van der Waals surface area (Å²) >= 11 is 1.41. The molecular weight excluding hydrogens is 420 g/mol. The maximum Gasteiger partial charge on any atom is 0.324 e. The molecule has 1 fully saturated rings. The molecular formula is C25H30N4O2S. The minimum Gasteiger partial charge on any atom is -0.465 e. The molecule has 2 aromatic carbocycles. The van der Waals surface area contributed by atoms with Gasteiger partial charge in [-0.1, -0.05) is 78.8 Å². The average molecular weight is 451 g/mol. The number of piperidine rings is 1. The normalized spacial score (nSPS) is 15.4. The van der Waals surface area contributed by atoms with Gasteiger partial charge >= 0.3 is 5.97 Å². The number of aromatic nitrogens is 3. The number of carbonyl (C=O) groups is 1. The van der Waals surface area contributed by atoms with Gasteiger partial charge in [0.2, 0.25) is 0 Å². The van der Waals surface area contributed by atoms with Crippen LogP contribution in [0.4, 0.5) is 0 Å². The second kappa shape index (κ2) is 11.3. The molecule has 0 aliphatic carbocycles. The van der Waals surface area contributed by atoms with Gasteiger partial charge in [0.05, 0.1) is 19.7 Å². The van der Waals surface area contributed by atoms with Crippen LogP contribution in [0.3, 0.4) is 0 Å². The molecule has 1 saturated heterocycles. The quantitative estimate of drug-likeness (QED) is 0.348. The zero-order valence-corrected chi connectivity index (χ0v) is 19.3. The molecule has 32 heavy (non-hydrogen) atoms. The first-order valence-electron chi connectivity index (χ1n) is 11.3. The van der Waals surface area contributed by atoms with Crippen LogP contribution in [0.5, 0.6) is 0 Å². The Morgan fingerprint density at radius 1 is 0.969 bits per heavy atom. The molecule has 0 spiro atoms. The Bertz CT molecular complexity index is 988. The monoisotopic (exact) mass is 450 g/mol. The second-order valence-corrected chi connectivity index (χ2v) is 9.04. The Morgan fingerprint density at radius 2 is 1.66 bits per heavy atom. The van der Waals surface area contributed by atoms with Crippen LogP contribution in [0.15, 0.2) is 65.8 Å². The highest BCUT2D eigenvalue weighted by Gasteiger charge is 2.27. The number of ether oxygens (including phenoxy) is 1. The molecule has 168 valence electrons. The smallest absolute Gasteiger partial charge is 0.324 e. The van der Waals surface area contributed by atoms with E-state index in [1.807, 2.05) is 55.5 Å². The van der Waals surface area contributed by atoms with Crippen molar-refractivity contribution in [1.29, 1.82) is 0 Å². The summed E-state index contributed by atoms with van der Waals surface area (Å²) in [5.41, 5.74) is 2.09. The Balaban J connectivity index is 1.64. The van der Waals surface area contributed by atoms with Gasteiger partial charge in [-0.25, -0.2) is 0 Å². The topological polar surface area (TPSA) is 60.2 Å². The zero-order chi connectivity index (χ0) is 22.2. The van der Waals surface area contributed by atoms with Crippen molar-refractivity contribution >= 4 is 17.7 Å². The fraction of sp³-hybridized carbons (Fsp3) is 0.400. The molecule has 0 N–H and O–H groups in total. The number of nitrogens with zero attached hydrogens (tertiary/aromatic N) is 4. The largest absolute Gasteiger partial charge is 0.465 e. The molecule has 1 aromatic heterocycles. The van der Waals surface area contributed by atoms with Crippen LogP contribution in [0, 0.1) is 0 Å². The van der Waals surface area contributed by atoms with Crippen LogP contribution in [0.25, 0.3) is 0 Å². The molecule has 3 aromatic rings. The van der Waals surface area contributed by atoms with E-state index in [1.165, 1.54) is 36.6 Å². The molecule has 1 aliphatic heterocycles. The number of thioether (sulfide) groups is 1. The summed E-state index contributed by atoms with van der Waals surface area (Å²) in [5, 5.41) is 9.33. The van der Waals surface area contributed by atoms with Crippen molar-refractivity contribution in [3.63, 3.8) is 0 Å². The highest BCUT2D eigenvalue weighted by atomic mass is 32.2. The average Bonchev–Trinajstić information content (AvgIpc) is 3.20. The summed E-state index contributed by atoms with van der Waals surface area (Å²) in [7, 11) is 0. The van der Waals surface area contributed by atoms with Crippen molar-refractivity contribution in [3.8, 4) is 0 Å². The SMILES string of the molecule is CCOC(=O)C(Sc1nnc(CN2CCCCC2)n1Cc1ccccc1)c1ccccc1. The van der Waals surface area contributed by atoms with Gasteiger partial charge < -0.3 is 9.30 Å². The lowest BCUT2D eigenvalue weighted by Crippen LogP contribution is -2.30. The first-order chi connectivity index (χ1) is 15.7. The third-order valence-corrected chi connectivity index (χ3v) is 6.83. The van der Waals surface area contributed by atoms with Crippen LogP contribution < -0.4 is 0 Å². The number of esters is 1. The van der Waals surface area contributed by atoms with Gasteiger partial charge in [-0.2, -0.15) is 0 Å². The molecule has 1 aliphatic rings. The number of likely N-dealkylation sites (tertiary alicyclic amines) is 1. The summed E-state index contributed by atoms with van der Waals surface area (Å²) < 4.78 is 7.55. The van der Waals surface area contributed by atoms with E-state index >= 15 is 0 Å². The summed E-state index contributed by atoms with van der Waals surface area (Å²) in [5.74, 6) is 0.685. The predicted octanol–water partition coefficient (Wildman–Crippen LogP) is 4.71. The van der Waals surface area contributed by atoms with E-state index in [1.54, 1.807) is 0 Å². The second-order valence-electron chi connectivity index (χ2n) is 7.97. The van der Waals surface area contributed by atoms with E-state index in [0.29, 0.717) is 13.2 Å². The first kappa shape index (κ1) is 22.6. The molecule has 0 amide bonds. The third kappa shape index (κ3) is 5.78.